The van der Waals surface area contributed by atoms with E-state index in [9.17, 15) is 4.79 Å². The Balaban J connectivity index is 2.64. The first-order valence-corrected chi connectivity index (χ1v) is 5.93. The molecular weight excluding hydrogens is 202 g/mol. The number of terminal acetylenes is 1. The number of carbonyl (C=O) groups excluding carboxylic acids is 1. The van der Waals surface area contributed by atoms with Gasteiger partial charge in [-0.3, -0.25) is 4.79 Å². The number of rotatable bonds is 3. The maximum atomic E-state index is 12.1. The zero-order valence-corrected chi connectivity index (χ0v) is 10.5. The van der Waals surface area contributed by atoms with Gasteiger partial charge in [0, 0.05) is 0 Å². The topological polar surface area (TPSA) is 38.3 Å². The Kier molecular flexibility index (Phi) is 4.37. The Morgan fingerprint density at radius 2 is 2.06 bits per heavy atom. The molecule has 3 nitrogen and oxygen atoms in total. The monoisotopic (exact) mass is 223 g/mol. The van der Waals surface area contributed by atoms with Gasteiger partial charge in [0.25, 0.3) is 0 Å². The molecule has 5 atom stereocenters. The van der Waals surface area contributed by atoms with Gasteiger partial charge >= 0.3 is 0 Å². The van der Waals surface area contributed by atoms with Gasteiger partial charge in [0.1, 0.15) is 0 Å². The highest BCUT2D eigenvalue weighted by atomic mass is 16.5. The molecule has 1 amide bonds. The minimum absolute atomic E-state index is 0.0224. The van der Waals surface area contributed by atoms with Crippen LogP contribution in [-0.2, 0) is 9.53 Å². The van der Waals surface area contributed by atoms with Crippen LogP contribution in [0.1, 0.15) is 34.1 Å². The minimum atomic E-state index is -0.164. The van der Waals surface area contributed by atoms with Gasteiger partial charge in [-0.25, -0.2) is 0 Å². The van der Waals surface area contributed by atoms with Crippen molar-refractivity contribution in [1.82, 2.24) is 5.32 Å². The highest BCUT2D eigenvalue weighted by molar-refractivity contribution is 5.80. The summed E-state index contributed by atoms with van der Waals surface area (Å²) in [7, 11) is 0. The summed E-state index contributed by atoms with van der Waals surface area (Å²) in [5.74, 6) is 2.75. The average molecular weight is 223 g/mol. The lowest BCUT2D eigenvalue weighted by atomic mass is 9.88. The molecule has 0 radical (unpaired) electrons. The van der Waals surface area contributed by atoms with Crippen LogP contribution in [0.25, 0.3) is 0 Å². The number of carbonyl (C=O) groups is 1. The fraction of sp³-hybridized carbons (Fsp3) is 0.769. The highest BCUT2D eigenvalue weighted by Crippen LogP contribution is 2.32. The second kappa shape index (κ2) is 5.36. The van der Waals surface area contributed by atoms with Crippen molar-refractivity contribution in [2.24, 2.45) is 11.8 Å². The third-order valence-electron chi connectivity index (χ3n) is 3.47. The van der Waals surface area contributed by atoms with Crippen LogP contribution in [0.15, 0.2) is 0 Å². The van der Waals surface area contributed by atoms with Crippen molar-refractivity contribution in [2.45, 2.75) is 52.4 Å². The normalized spacial score (nSPS) is 35.4. The third-order valence-corrected chi connectivity index (χ3v) is 3.47. The van der Waals surface area contributed by atoms with Crippen LogP contribution in [0.4, 0.5) is 0 Å². The summed E-state index contributed by atoms with van der Waals surface area (Å²) >= 11 is 0. The number of amides is 1. The van der Waals surface area contributed by atoms with Crippen molar-refractivity contribution < 1.29 is 9.53 Å². The molecule has 1 fully saturated rings. The standard InChI is InChI=1S/C13H21NO2/c1-6-11(7-2)14-13(15)12-8(3)9(4)16-10(12)5/h1,8-12H,7H2,2-5H3,(H,14,15). The molecule has 0 spiro atoms. The summed E-state index contributed by atoms with van der Waals surface area (Å²) in [6.07, 6.45) is 6.20. The maximum absolute atomic E-state index is 12.1. The van der Waals surface area contributed by atoms with Crippen molar-refractivity contribution in [3.8, 4) is 12.3 Å². The SMILES string of the molecule is C#CC(CC)NC(=O)C1C(C)OC(C)C1C. The molecule has 1 rings (SSSR count). The van der Waals surface area contributed by atoms with Crippen molar-refractivity contribution in [3.63, 3.8) is 0 Å². The number of nitrogens with one attached hydrogen (secondary N) is 1. The predicted octanol–water partition coefficient (Wildman–Crippen LogP) is 1.57. The molecule has 0 aromatic heterocycles. The Labute approximate surface area is 97.9 Å². The van der Waals surface area contributed by atoms with Gasteiger partial charge in [0.05, 0.1) is 24.2 Å². The molecule has 5 unspecified atom stereocenters. The summed E-state index contributed by atoms with van der Waals surface area (Å²) in [4.78, 5) is 12.1. The molecule has 1 N–H and O–H groups in total. The van der Waals surface area contributed by atoms with Crippen LogP contribution >= 0.6 is 0 Å². The van der Waals surface area contributed by atoms with Gasteiger partial charge in [0.2, 0.25) is 5.91 Å². The molecule has 16 heavy (non-hydrogen) atoms. The molecule has 1 aliphatic rings. The van der Waals surface area contributed by atoms with Gasteiger partial charge < -0.3 is 10.1 Å². The summed E-state index contributed by atoms with van der Waals surface area (Å²) in [5.41, 5.74) is 0. The molecule has 1 aliphatic heterocycles. The lowest BCUT2D eigenvalue weighted by Crippen LogP contribution is -2.42. The molecule has 1 heterocycles. The zero-order valence-electron chi connectivity index (χ0n) is 10.5. The fourth-order valence-electron chi connectivity index (χ4n) is 2.25. The van der Waals surface area contributed by atoms with E-state index in [-0.39, 0.29) is 36.0 Å². The molecule has 0 bridgehead atoms. The second-order valence-electron chi connectivity index (χ2n) is 4.57. The molecular formula is C13H21NO2. The Hall–Kier alpha value is -1.01. The molecule has 3 heteroatoms. The van der Waals surface area contributed by atoms with E-state index in [0.29, 0.717) is 0 Å². The molecule has 90 valence electrons. The zero-order chi connectivity index (χ0) is 12.3. The highest BCUT2D eigenvalue weighted by Gasteiger charge is 2.41. The molecule has 0 saturated carbocycles. The lowest BCUT2D eigenvalue weighted by molar-refractivity contribution is -0.127. The predicted molar refractivity (Wildman–Crippen MR) is 63.7 cm³/mol. The Bertz CT molecular complexity index is 295. The summed E-state index contributed by atoms with van der Waals surface area (Å²) in [5, 5.41) is 2.88. The van der Waals surface area contributed by atoms with Gasteiger partial charge in [-0.15, -0.1) is 6.42 Å². The minimum Gasteiger partial charge on any atom is -0.374 e. The van der Waals surface area contributed by atoms with Crippen LogP contribution in [0.3, 0.4) is 0 Å². The van der Waals surface area contributed by atoms with Gasteiger partial charge in [0.15, 0.2) is 0 Å². The number of ether oxygens (including phenoxy) is 1. The first kappa shape index (κ1) is 13.1. The van der Waals surface area contributed by atoms with Crippen LogP contribution in [-0.4, -0.2) is 24.2 Å². The number of hydrogen-bond donors (Lipinski definition) is 1. The maximum Gasteiger partial charge on any atom is 0.227 e. The molecule has 0 aromatic carbocycles. The van der Waals surface area contributed by atoms with Crippen molar-refractivity contribution in [3.05, 3.63) is 0 Å². The molecule has 0 aliphatic carbocycles. The van der Waals surface area contributed by atoms with E-state index in [1.165, 1.54) is 0 Å². The third kappa shape index (κ3) is 2.56. The van der Waals surface area contributed by atoms with E-state index in [1.54, 1.807) is 0 Å². The fourth-order valence-corrected chi connectivity index (χ4v) is 2.25. The largest absolute Gasteiger partial charge is 0.374 e. The lowest BCUT2D eigenvalue weighted by Gasteiger charge is -2.20. The van der Waals surface area contributed by atoms with Gasteiger partial charge in [-0.1, -0.05) is 19.8 Å². The first-order chi connectivity index (χ1) is 7.51. The summed E-state index contributed by atoms with van der Waals surface area (Å²) in [6, 6.07) is -0.164. The van der Waals surface area contributed by atoms with Gasteiger partial charge in [-0.05, 0) is 26.2 Å². The first-order valence-electron chi connectivity index (χ1n) is 5.93. The van der Waals surface area contributed by atoms with Crippen molar-refractivity contribution >= 4 is 5.91 Å². The van der Waals surface area contributed by atoms with Crippen LogP contribution < -0.4 is 5.32 Å². The van der Waals surface area contributed by atoms with Crippen molar-refractivity contribution in [1.29, 1.82) is 0 Å². The number of hydrogen-bond acceptors (Lipinski definition) is 2. The average Bonchev–Trinajstić information content (AvgIpc) is 2.49. The van der Waals surface area contributed by atoms with Crippen LogP contribution in [0.2, 0.25) is 0 Å². The van der Waals surface area contributed by atoms with Crippen LogP contribution in [0.5, 0.6) is 0 Å². The summed E-state index contributed by atoms with van der Waals surface area (Å²) in [6.45, 7) is 7.97. The van der Waals surface area contributed by atoms with E-state index in [1.807, 2.05) is 20.8 Å². The van der Waals surface area contributed by atoms with E-state index in [2.05, 4.69) is 18.2 Å². The van der Waals surface area contributed by atoms with Crippen LogP contribution in [0, 0.1) is 24.2 Å². The van der Waals surface area contributed by atoms with E-state index >= 15 is 0 Å². The molecule has 0 aromatic rings. The van der Waals surface area contributed by atoms with E-state index in [4.69, 9.17) is 11.2 Å². The van der Waals surface area contributed by atoms with Crippen molar-refractivity contribution in [2.75, 3.05) is 0 Å². The quantitative estimate of drug-likeness (QED) is 0.738. The van der Waals surface area contributed by atoms with E-state index in [0.717, 1.165) is 6.42 Å². The Morgan fingerprint density at radius 1 is 1.44 bits per heavy atom. The molecule has 1 saturated heterocycles. The smallest absolute Gasteiger partial charge is 0.227 e. The second-order valence-corrected chi connectivity index (χ2v) is 4.57. The van der Waals surface area contributed by atoms with Gasteiger partial charge in [-0.2, -0.15) is 0 Å². The van der Waals surface area contributed by atoms with E-state index < -0.39 is 0 Å². The summed E-state index contributed by atoms with van der Waals surface area (Å²) < 4.78 is 5.64. The Morgan fingerprint density at radius 3 is 2.44 bits per heavy atom.